The van der Waals surface area contributed by atoms with E-state index in [9.17, 15) is 13.2 Å². The number of hydrogen-bond donors (Lipinski definition) is 1. The second-order valence-corrected chi connectivity index (χ2v) is 11.1. The largest absolute Gasteiger partial charge is 0.347 e. The van der Waals surface area contributed by atoms with E-state index in [1.165, 1.54) is 10.6 Å². The number of aryl methyl sites for hydroxylation is 2. The first-order chi connectivity index (χ1) is 13.8. The van der Waals surface area contributed by atoms with E-state index >= 15 is 0 Å². The highest BCUT2D eigenvalue weighted by Gasteiger charge is 2.24. The van der Waals surface area contributed by atoms with Crippen LogP contribution >= 0.6 is 22.7 Å². The number of sulfonamides is 1. The lowest BCUT2D eigenvalue weighted by atomic mass is 10.0. The molecular formula is C20H21N3O3S3. The number of fused-ring (bicyclic) bond motifs is 1. The molecule has 1 aliphatic rings. The summed E-state index contributed by atoms with van der Waals surface area (Å²) >= 11 is 3.24. The predicted octanol–water partition coefficient (Wildman–Crippen LogP) is 3.82. The molecule has 1 aromatic carbocycles. The van der Waals surface area contributed by atoms with Gasteiger partial charge in [0.2, 0.25) is 10.0 Å². The van der Waals surface area contributed by atoms with E-state index in [0.717, 1.165) is 38.9 Å². The zero-order chi connectivity index (χ0) is 20.6. The topological polar surface area (TPSA) is 79.4 Å². The van der Waals surface area contributed by atoms with Crippen molar-refractivity contribution in [2.24, 2.45) is 0 Å². The maximum Gasteiger partial charge on any atom is 0.251 e. The van der Waals surface area contributed by atoms with Crippen LogP contribution in [-0.2, 0) is 23.0 Å². The molecular weight excluding hydrogens is 426 g/mol. The number of thiophene rings is 1. The molecule has 0 atom stereocenters. The van der Waals surface area contributed by atoms with Crippen LogP contribution in [0, 0.1) is 6.92 Å². The second kappa shape index (κ2) is 7.89. The number of nitrogens with one attached hydrogen (secondary N) is 1. The van der Waals surface area contributed by atoms with Gasteiger partial charge >= 0.3 is 0 Å². The molecule has 0 fully saturated rings. The van der Waals surface area contributed by atoms with Gasteiger partial charge in [-0.3, -0.25) is 9.10 Å². The lowest BCUT2D eigenvalue weighted by Gasteiger charge is -2.29. The quantitative estimate of drug-likeness (QED) is 0.645. The molecule has 1 N–H and O–H groups in total. The fourth-order valence-electron chi connectivity index (χ4n) is 3.40. The third kappa shape index (κ3) is 4.36. The zero-order valence-corrected chi connectivity index (χ0v) is 18.6. The molecule has 0 spiro atoms. The normalized spacial score (nSPS) is 13.9. The van der Waals surface area contributed by atoms with E-state index in [-0.39, 0.29) is 5.91 Å². The molecule has 4 rings (SSSR count). The van der Waals surface area contributed by atoms with Crippen LogP contribution < -0.4 is 9.62 Å². The van der Waals surface area contributed by atoms with Crippen molar-refractivity contribution in [3.05, 3.63) is 56.7 Å². The summed E-state index contributed by atoms with van der Waals surface area (Å²) < 4.78 is 25.4. The van der Waals surface area contributed by atoms with E-state index in [1.807, 2.05) is 24.4 Å². The Kier molecular flexibility index (Phi) is 5.46. The third-order valence-electron chi connectivity index (χ3n) is 4.77. The Hall–Kier alpha value is -2.23. The molecule has 0 radical (unpaired) electrons. The van der Waals surface area contributed by atoms with Crippen molar-refractivity contribution in [1.29, 1.82) is 0 Å². The molecule has 0 bridgehead atoms. The van der Waals surface area contributed by atoms with Gasteiger partial charge in [-0.15, -0.1) is 22.7 Å². The molecule has 6 nitrogen and oxygen atoms in total. The highest BCUT2D eigenvalue weighted by atomic mass is 32.2. The number of carbonyl (C=O) groups excluding carboxylic acids is 1. The number of thiazole rings is 1. The van der Waals surface area contributed by atoms with Crippen molar-refractivity contribution in [2.75, 3.05) is 17.1 Å². The summed E-state index contributed by atoms with van der Waals surface area (Å²) in [5.41, 5.74) is 3.09. The number of carbonyl (C=O) groups is 1. The van der Waals surface area contributed by atoms with Crippen molar-refractivity contribution in [3.63, 3.8) is 0 Å². The maximum atomic E-state index is 12.6. The van der Waals surface area contributed by atoms with Crippen molar-refractivity contribution in [3.8, 4) is 10.6 Å². The van der Waals surface area contributed by atoms with E-state index in [0.29, 0.717) is 24.3 Å². The van der Waals surface area contributed by atoms with Crippen molar-refractivity contribution < 1.29 is 13.2 Å². The van der Waals surface area contributed by atoms with Crippen LogP contribution in [0.3, 0.4) is 0 Å². The van der Waals surface area contributed by atoms with Crippen LogP contribution in [-0.4, -0.2) is 32.1 Å². The number of amides is 1. The predicted molar refractivity (Wildman–Crippen MR) is 118 cm³/mol. The second-order valence-electron chi connectivity index (χ2n) is 6.98. The minimum atomic E-state index is -3.31. The summed E-state index contributed by atoms with van der Waals surface area (Å²) in [7, 11) is -3.31. The monoisotopic (exact) mass is 447 g/mol. The van der Waals surface area contributed by atoms with Crippen molar-refractivity contribution in [2.45, 2.75) is 26.3 Å². The Morgan fingerprint density at radius 1 is 1.28 bits per heavy atom. The standard InChI is InChI=1S/C20H21N3O3S3/c1-13-22-17(12-27-13)19-8-6-16(28-19)11-21-20(24)15-5-7-18-14(10-15)4-3-9-23(18)29(2,25)26/h5-8,10,12H,3-4,9,11H2,1-2H3,(H,21,24). The Morgan fingerprint density at radius 3 is 2.83 bits per heavy atom. The van der Waals surface area contributed by atoms with Crippen LogP contribution in [0.25, 0.3) is 10.6 Å². The summed E-state index contributed by atoms with van der Waals surface area (Å²) in [4.78, 5) is 19.3. The highest BCUT2D eigenvalue weighted by molar-refractivity contribution is 7.92. The molecule has 1 amide bonds. The van der Waals surface area contributed by atoms with Crippen LogP contribution in [0.2, 0.25) is 0 Å². The first kappa shape index (κ1) is 20.1. The summed E-state index contributed by atoms with van der Waals surface area (Å²) in [5.74, 6) is -0.163. The molecule has 152 valence electrons. The molecule has 1 aliphatic heterocycles. The van der Waals surface area contributed by atoms with Crippen LogP contribution in [0.1, 0.15) is 32.2 Å². The molecule has 0 saturated heterocycles. The highest BCUT2D eigenvalue weighted by Crippen LogP contribution is 2.31. The number of hydrogen-bond acceptors (Lipinski definition) is 6. The van der Waals surface area contributed by atoms with Gasteiger partial charge in [0, 0.05) is 22.4 Å². The summed E-state index contributed by atoms with van der Waals surface area (Å²) in [6.07, 6.45) is 2.73. The number of nitrogens with zero attached hydrogens (tertiary/aromatic N) is 2. The van der Waals surface area contributed by atoms with E-state index < -0.39 is 10.0 Å². The first-order valence-electron chi connectivity index (χ1n) is 9.21. The summed E-state index contributed by atoms with van der Waals surface area (Å²) in [6, 6.07) is 9.26. The van der Waals surface area contributed by atoms with E-state index in [4.69, 9.17) is 0 Å². The third-order valence-corrected chi connectivity index (χ3v) is 7.84. The number of anilines is 1. The minimum Gasteiger partial charge on any atom is -0.347 e. The fraction of sp³-hybridized carbons (Fsp3) is 0.300. The van der Waals surface area contributed by atoms with Gasteiger partial charge < -0.3 is 5.32 Å². The fourth-order valence-corrected chi connectivity index (χ4v) is 6.00. The molecule has 0 unspecified atom stereocenters. The van der Waals surface area contributed by atoms with E-state index in [1.54, 1.807) is 40.9 Å². The van der Waals surface area contributed by atoms with Gasteiger partial charge in [-0.05, 0) is 55.7 Å². The average Bonchev–Trinajstić information content (AvgIpc) is 3.33. The molecule has 3 aromatic rings. The Labute approximate surface area is 178 Å². The summed E-state index contributed by atoms with van der Waals surface area (Å²) in [5, 5.41) is 6.03. The molecule has 3 heterocycles. The molecule has 0 saturated carbocycles. The number of benzene rings is 1. The van der Waals surface area contributed by atoms with Gasteiger partial charge in [0.25, 0.3) is 5.91 Å². The molecule has 9 heteroatoms. The van der Waals surface area contributed by atoms with Gasteiger partial charge in [0.05, 0.1) is 34.1 Å². The maximum absolute atomic E-state index is 12.6. The molecule has 2 aromatic heterocycles. The van der Waals surface area contributed by atoms with Crippen molar-refractivity contribution in [1.82, 2.24) is 10.3 Å². The Morgan fingerprint density at radius 2 is 2.10 bits per heavy atom. The number of aromatic nitrogens is 1. The van der Waals surface area contributed by atoms with Crippen molar-refractivity contribution >= 4 is 44.3 Å². The Bertz CT molecular complexity index is 1160. The van der Waals surface area contributed by atoms with Crippen LogP contribution in [0.5, 0.6) is 0 Å². The lowest BCUT2D eigenvalue weighted by Crippen LogP contribution is -2.34. The van der Waals surface area contributed by atoms with Crippen LogP contribution in [0.15, 0.2) is 35.7 Å². The van der Waals surface area contributed by atoms with Crippen LogP contribution in [0.4, 0.5) is 5.69 Å². The Balaban J connectivity index is 1.45. The first-order valence-corrected chi connectivity index (χ1v) is 12.8. The van der Waals surface area contributed by atoms with Gasteiger partial charge in [0.15, 0.2) is 0 Å². The van der Waals surface area contributed by atoms with Gasteiger partial charge in [0.1, 0.15) is 0 Å². The average molecular weight is 448 g/mol. The minimum absolute atomic E-state index is 0.163. The summed E-state index contributed by atoms with van der Waals surface area (Å²) in [6.45, 7) is 2.91. The SMILES string of the molecule is Cc1nc(-c2ccc(CNC(=O)c3ccc4c(c3)CCCN4S(C)(=O)=O)s2)cs1. The smallest absolute Gasteiger partial charge is 0.251 e. The lowest BCUT2D eigenvalue weighted by molar-refractivity contribution is 0.0951. The van der Waals surface area contributed by atoms with Gasteiger partial charge in [-0.25, -0.2) is 13.4 Å². The van der Waals surface area contributed by atoms with E-state index in [2.05, 4.69) is 10.3 Å². The zero-order valence-electron chi connectivity index (χ0n) is 16.1. The van der Waals surface area contributed by atoms with Gasteiger partial charge in [-0.2, -0.15) is 0 Å². The molecule has 29 heavy (non-hydrogen) atoms. The molecule has 0 aliphatic carbocycles. The number of rotatable bonds is 5. The van der Waals surface area contributed by atoms with Gasteiger partial charge in [-0.1, -0.05) is 0 Å².